The van der Waals surface area contributed by atoms with Gasteiger partial charge >= 0.3 is 0 Å². The second-order valence-electron chi connectivity index (χ2n) is 6.42. The van der Waals surface area contributed by atoms with Gasteiger partial charge in [0.1, 0.15) is 5.69 Å². The van der Waals surface area contributed by atoms with E-state index in [9.17, 15) is 4.79 Å². The molecular weight excluding hydrogens is 282 g/mol. The van der Waals surface area contributed by atoms with Gasteiger partial charge in [-0.1, -0.05) is 5.21 Å². The molecule has 7 nitrogen and oxygen atoms in total. The number of hydrogen-bond acceptors (Lipinski definition) is 5. The van der Waals surface area contributed by atoms with Crippen molar-refractivity contribution in [1.82, 2.24) is 24.8 Å². The van der Waals surface area contributed by atoms with Gasteiger partial charge in [-0.15, -0.1) is 5.10 Å². The summed E-state index contributed by atoms with van der Waals surface area (Å²) in [6.07, 6.45) is 6.38. The van der Waals surface area contributed by atoms with Gasteiger partial charge in [0.2, 0.25) is 5.91 Å². The fourth-order valence-corrected chi connectivity index (χ4v) is 3.44. The van der Waals surface area contributed by atoms with Gasteiger partial charge in [-0.05, 0) is 44.7 Å². The molecule has 3 heterocycles. The molecule has 1 aromatic rings. The normalized spacial score (nSPS) is 23.1. The van der Waals surface area contributed by atoms with Gasteiger partial charge in [0, 0.05) is 19.6 Å². The van der Waals surface area contributed by atoms with Crippen LogP contribution < -0.4 is 0 Å². The molecule has 2 aliphatic heterocycles. The summed E-state index contributed by atoms with van der Waals surface area (Å²) in [5.74, 6) is 0.686. The zero-order chi connectivity index (χ0) is 15.4. The van der Waals surface area contributed by atoms with Crippen molar-refractivity contribution in [2.45, 2.75) is 38.8 Å². The minimum absolute atomic E-state index is 0.0783. The summed E-state index contributed by atoms with van der Waals surface area (Å²) in [5.41, 5.74) is 0.595. The summed E-state index contributed by atoms with van der Waals surface area (Å²) in [6, 6.07) is 0. The molecule has 2 aliphatic rings. The number of hydrogen-bond donors (Lipinski definition) is 1. The molecule has 2 saturated heterocycles. The molecule has 1 N–H and O–H groups in total. The maximum absolute atomic E-state index is 12.4. The molecule has 1 amide bonds. The molecule has 0 spiro atoms. The molecule has 22 heavy (non-hydrogen) atoms. The smallest absolute Gasteiger partial charge is 0.236 e. The van der Waals surface area contributed by atoms with Crippen LogP contribution in [0.1, 0.15) is 31.4 Å². The van der Waals surface area contributed by atoms with E-state index in [4.69, 9.17) is 5.11 Å². The number of aliphatic hydroxyl groups is 1. The highest BCUT2D eigenvalue weighted by atomic mass is 16.3. The van der Waals surface area contributed by atoms with E-state index >= 15 is 0 Å². The molecule has 7 heteroatoms. The van der Waals surface area contributed by atoms with E-state index in [-0.39, 0.29) is 12.5 Å². The number of aromatic nitrogens is 3. The van der Waals surface area contributed by atoms with Crippen molar-refractivity contribution in [3.8, 4) is 0 Å². The Morgan fingerprint density at radius 2 is 2.09 bits per heavy atom. The first-order valence-electron chi connectivity index (χ1n) is 8.24. The summed E-state index contributed by atoms with van der Waals surface area (Å²) >= 11 is 0. The van der Waals surface area contributed by atoms with E-state index in [1.165, 1.54) is 12.8 Å². The zero-order valence-electron chi connectivity index (χ0n) is 13.0. The van der Waals surface area contributed by atoms with Crippen LogP contribution in [0, 0.1) is 5.92 Å². The number of rotatable bonds is 5. The van der Waals surface area contributed by atoms with E-state index in [0.717, 1.165) is 45.6 Å². The Morgan fingerprint density at radius 3 is 2.82 bits per heavy atom. The summed E-state index contributed by atoms with van der Waals surface area (Å²) in [7, 11) is 0. The van der Waals surface area contributed by atoms with Crippen LogP contribution in [0.3, 0.4) is 0 Å². The first-order chi connectivity index (χ1) is 10.7. The van der Waals surface area contributed by atoms with Crippen molar-refractivity contribution in [2.24, 2.45) is 5.92 Å². The Balaban J connectivity index is 1.50. The van der Waals surface area contributed by atoms with Crippen molar-refractivity contribution < 1.29 is 9.90 Å². The van der Waals surface area contributed by atoms with E-state index in [0.29, 0.717) is 18.2 Å². The van der Waals surface area contributed by atoms with Gasteiger partial charge in [0.15, 0.2) is 0 Å². The van der Waals surface area contributed by atoms with E-state index < -0.39 is 0 Å². The molecule has 0 bridgehead atoms. The number of likely N-dealkylation sites (tertiary alicyclic amines) is 2. The Kier molecular flexibility index (Phi) is 5.04. The summed E-state index contributed by atoms with van der Waals surface area (Å²) < 4.78 is 1.78. The number of piperidine rings is 1. The summed E-state index contributed by atoms with van der Waals surface area (Å²) in [5, 5.41) is 17.0. The standard InChI is InChI=1S/C15H25N5O2/c21-12-14-10-20(17-16-14)9-13-4-3-7-19(8-13)15(22)11-18-5-1-2-6-18/h10,13,21H,1-9,11-12H2. The largest absolute Gasteiger partial charge is 0.390 e. The van der Waals surface area contributed by atoms with Crippen molar-refractivity contribution >= 4 is 5.91 Å². The van der Waals surface area contributed by atoms with Crippen LogP contribution in [0.4, 0.5) is 0 Å². The molecule has 1 aromatic heterocycles. The lowest BCUT2D eigenvalue weighted by Gasteiger charge is -2.33. The molecule has 1 unspecified atom stereocenters. The van der Waals surface area contributed by atoms with Crippen molar-refractivity contribution in [1.29, 1.82) is 0 Å². The van der Waals surface area contributed by atoms with E-state index in [2.05, 4.69) is 15.2 Å². The molecule has 1 atom stereocenters. The Bertz CT molecular complexity index is 498. The minimum atomic E-state index is -0.0783. The van der Waals surface area contributed by atoms with Crippen LogP contribution in [0.5, 0.6) is 0 Å². The SMILES string of the molecule is O=C(CN1CCCC1)N1CCCC(Cn2cc(CO)nn2)C1. The highest BCUT2D eigenvalue weighted by Crippen LogP contribution is 2.19. The van der Waals surface area contributed by atoms with Gasteiger partial charge in [-0.25, -0.2) is 0 Å². The van der Waals surface area contributed by atoms with Crippen LogP contribution >= 0.6 is 0 Å². The molecule has 122 valence electrons. The third kappa shape index (κ3) is 3.84. The maximum Gasteiger partial charge on any atom is 0.236 e. The van der Waals surface area contributed by atoms with Crippen LogP contribution in [-0.2, 0) is 17.9 Å². The second kappa shape index (κ2) is 7.19. The predicted octanol–water partition coefficient (Wildman–Crippen LogP) is 0.105. The molecule has 0 saturated carbocycles. The average Bonchev–Trinajstić information content (AvgIpc) is 3.19. The van der Waals surface area contributed by atoms with Gasteiger partial charge in [0.05, 0.1) is 19.3 Å². The lowest BCUT2D eigenvalue weighted by Crippen LogP contribution is -2.45. The molecule has 0 aromatic carbocycles. The highest BCUT2D eigenvalue weighted by Gasteiger charge is 2.26. The predicted molar refractivity (Wildman–Crippen MR) is 80.9 cm³/mol. The van der Waals surface area contributed by atoms with Gasteiger partial charge in [0.25, 0.3) is 0 Å². The lowest BCUT2D eigenvalue weighted by atomic mass is 9.98. The van der Waals surface area contributed by atoms with Crippen LogP contribution in [0.25, 0.3) is 0 Å². The van der Waals surface area contributed by atoms with E-state index in [1.54, 1.807) is 10.9 Å². The summed E-state index contributed by atoms with van der Waals surface area (Å²) in [6.45, 7) is 5.07. The maximum atomic E-state index is 12.4. The number of nitrogens with zero attached hydrogens (tertiary/aromatic N) is 5. The summed E-state index contributed by atoms with van der Waals surface area (Å²) in [4.78, 5) is 16.7. The van der Waals surface area contributed by atoms with Gasteiger partial charge in [-0.2, -0.15) is 0 Å². The second-order valence-corrected chi connectivity index (χ2v) is 6.42. The van der Waals surface area contributed by atoms with Crippen LogP contribution in [0.2, 0.25) is 0 Å². The van der Waals surface area contributed by atoms with Gasteiger partial charge < -0.3 is 10.0 Å². The Morgan fingerprint density at radius 1 is 1.27 bits per heavy atom. The topological polar surface area (TPSA) is 74.5 Å². The quantitative estimate of drug-likeness (QED) is 0.835. The highest BCUT2D eigenvalue weighted by molar-refractivity contribution is 5.78. The van der Waals surface area contributed by atoms with Crippen LogP contribution in [-0.4, -0.2) is 68.5 Å². The Hall–Kier alpha value is -1.47. The fourth-order valence-electron chi connectivity index (χ4n) is 3.44. The Labute approximate surface area is 130 Å². The fraction of sp³-hybridized carbons (Fsp3) is 0.800. The molecule has 0 radical (unpaired) electrons. The van der Waals surface area contributed by atoms with E-state index in [1.807, 2.05) is 4.90 Å². The van der Waals surface area contributed by atoms with Crippen molar-refractivity contribution in [3.05, 3.63) is 11.9 Å². The number of amides is 1. The van der Waals surface area contributed by atoms with Crippen molar-refractivity contribution in [2.75, 3.05) is 32.7 Å². The first kappa shape index (κ1) is 15.4. The van der Waals surface area contributed by atoms with Gasteiger partial charge in [-0.3, -0.25) is 14.4 Å². The average molecular weight is 307 g/mol. The monoisotopic (exact) mass is 307 g/mol. The number of aliphatic hydroxyl groups excluding tert-OH is 1. The number of carbonyl (C=O) groups is 1. The third-order valence-corrected chi connectivity index (χ3v) is 4.62. The minimum Gasteiger partial charge on any atom is -0.390 e. The third-order valence-electron chi connectivity index (χ3n) is 4.62. The van der Waals surface area contributed by atoms with Crippen molar-refractivity contribution in [3.63, 3.8) is 0 Å². The first-order valence-corrected chi connectivity index (χ1v) is 8.24. The molecule has 2 fully saturated rings. The number of carbonyl (C=O) groups excluding carboxylic acids is 1. The van der Waals surface area contributed by atoms with Crippen LogP contribution in [0.15, 0.2) is 6.20 Å². The molecular formula is C15H25N5O2. The zero-order valence-corrected chi connectivity index (χ0v) is 13.0. The molecule has 0 aliphatic carbocycles. The lowest BCUT2D eigenvalue weighted by molar-refractivity contribution is -0.134. The molecule has 3 rings (SSSR count).